The van der Waals surface area contributed by atoms with Gasteiger partial charge in [0, 0.05) is 66.5 Å². The fraction of sp³-hybridized carbons (Fsp3) is 0.455. The Hall–Kier alpha value is -5.36. The molecular weight excluding hydrogens is 821 g/mol. The van der Waals surface area contributed by atoms with Gasteiger partial charge in [0.15, 0.2) is 0 Å². The molecule has 2 aromatic heterocycles. The molecule has 6 atom stereocenters. The first-order valence-corrected chi connectivity index (χ1v) is 23.4. The van der Waals surface area contributed by atoms with Gasteiger partial charge in [0.25, 0.3) is 5.91 Å². The van der Waals surface area contributed by atoms with Gasteiger partial charge < -0.3 is 29.3 Å². The summed E-state index contributed by atoms with van der Waals surface area (Å²) in [5, 5.41) is 15.3. The number of aromatic nitrogens is 1. The highest BCUT2D eigenvalue weighted by Gasteiger charge is 2.48. The lowest BCUT2D eigenvalue weighted by Crippen LogP contribution is -2.58. The molecule has 4 fully saturated rings. The van der Waals surface area contributed by atoms with Gasteiger partial charge in [-0.25, -0.2) is 9.48 Å². The minimum Gasteiger partial charge on any atom is -0.465 e. The van der Waals surface area contributed by atoms with Crippen LogP contribution in [0.2, 0.25) is 0 Å². The summed E-state index contributed by atoms with van der Waals surface area (Å²) in [5.74, 6) is -3.41. The maximum atomic E-state index is 16.5. The summed E-state index contributed by atoms with van der Waals surface area (Å²) in [4.78, 5) is 65.0. The highest BCUT2D eigenvalue weighted by Crippen LogP contribution is 2.58. The first kappa shape index (κ1) is 42.3. The van der Waals surface area contributed by atoms with Crippen molar-refractivity contribution in [2.45, 2.75) is 88.4 Å². The van der Waals surface area contributed by atoms with Gasteiger partial charge in [-0.2, -0.15) is 5.26 Å². The number of anilines is 1. The van der Waals surface area contributed by atoms with Crippen molar-refractivity contribution in [2.24, 2.45) is 5.92 Å². The molecule has 4 aromatic rings. The largest absolute Gasteiger partial charge is 0.465 e. The Kier molecular flexibility index (Phi) is 12.4. The molecule has 14 nitrogen and oxygen atoms in total. The van der Waals surface area contributed by atoms with Crippen molar-refractivity contribution in [3.8, 4) is 11.8 Å². The molecule has 4 aliphatic rings. The van der Waals surface area contributed by atoms with E-state index in [4.69, 9.17) is 9.26 Å². The van der Waals surface area contributed by atoms with Gasteiger partial charge >= 0.3 is 13.5 Å². The zero-order valence-electron chi connectivity index (χ0n) is 34.1. The smallest absolute Gasteiger partial charge is 0.355 e. The summed E-state index contributed by atoms with van der Waals surface area (Å²) in [5.41, 5.74) is 2.14. The Morgan fingerprint density at radius 2 is 1.84 bits per heavy atom. The van der Waals surface area contributed by atoms with Crippen molar-refractivity contribution in [2.75, 3.05) is 37.7 Å². The van der Waals surface area contributed by atoms with Crippen molar-refractivity contribution < 1.29 is 37.4 Å². The lowest BCUT2D eigenvalue weighted by atomic mass is 9.88. The molecule has 1 unspecified atom stereocenters. The van der Waals surface area contributed by atoms with Gasteiger partial charge in [0.1, 0.15) is 23.9 Å². The molecular formula is C44H49FN7O7PS. The van der Waals surface area contributed by atoms with E-state index in [1.165, 1.54) is 42.5 Å². The molecule has 8 rings (SSSR count). The van der Waals surface area contributed by atoms with Crippen molar-refractivity contribution >= 4 is 58.3 Å². The average Bonchev–Trinajstić information content (AvgIpc) is 3.82. The Morgan fingerprint density at radius 1 is 1.05 bits per heavy atom. The highest BCUT2D eigenvalue weighted by molar-refractivity contribution is 7.57. The quantitative estimate of drug-likeness (QED) is 0.102. The summed E-state index contributed by atoms with van der Waals surface area (Å²) < 4.78 is 42.4. The van der Waals surface area contributed by atoms with E-state index >= 15 is 4.39 Å². The van der Waals surface area contributed by atoms with Gasteiger partial charge in [-0.3, -0.25) is 28.7 Å². The molecule has 2 N–H and O–H groups in total. The van der Waals surface area contributed by atoms with Crippen LogP contribution < -0.4 is 19.8 Å². The number of nitriles is 1. The first-order valence-electron chi connectivity index (χ1n) is 20.9. The third-order valence-corrected chi connectivity index (χ3v) is 15.3. The van der Waals surface area contributed by atoms with E-state index in [0.29, 0.717) is 66.8 Å². The Labute approximate surface area is 357 Å². The normalized spacial score (nSPS) is 22.5. The van der Waals surface area contributed by atoms with Crippen LogP contribution in [0.5, 0.6) is 5.75 Å². The molecule has 0 aliphatic carbocycles. The third-order valence-electron chi connectivity index (χ3n) is 12.0. The van der Waals surface area contributed by atoms with Gasteiger partial charge in [-0.15, -0.1) is 11.3 Å². The van der Waals surface area contributed by atoms with E-state index in [1.54, 1.807) is 41.4 Å². The number of pyridine rings is 1. The second kappa shape index (κ2) is 17.9. The van der Waals surface area contributed by atoms with Crippen molar-refractivity contribution in [1.82, 2.24) is 25.2 Å². The number of nitrogens with one attached hydrogen (secondary N) is 2. The molecule has 61 heavy (non-hydrogen) atoms. The summed E-state index contributed by atoms with van der Waals surface area (Å²) >= 11 is 1.18. The number of benzene rings is 2. The lowest BCUT2D eigenvalue weighted by molar-refractivity contribution is -0.148. The predicted octanol–water partition coefficient (Wildman–Crippen LogP) is 6.70. The number of hydrogen-bond acceptors (Lipinski definition) is 11. The van der Waals surface area contributed by atoms with Crippen LogP contribution in [0.4, 0.5) is 10.1 Å². The Bertz CT molecular complexity index is 2380. The molecule has 0 bridgehead atoms. The predicted molar refractivity (Wildman–Crippen MR) is 228 cm³/mol. The summed E-state index contributed by atoms with van der Waals surface area (Å²) in [6.07, 6.45) is 7.35. The maximum absolute atomic E-state index is 16.5. The standard InChI is InChI=1S/C44H49FN7O7PS/c1-3-18-58-44(56)27(2)49-60(57,59-33-9-5-4-6-10-33)40(45)29-12-15-38-30(19-29)20-39(61-38)41(53)48-35-11-7-8-32-13-14-37(52(32)42(35)54)43(55)51-25-31(26-51)34-22-47-17-16-36(34)50-23-28(21-46)24-50/h4-6,9-10,12,15-17,19-20,22,27-28,31-32,35,37,40H,3,7-8,11,13-14,18,23-26H2,1-2H3,(H,48,53)(H,49,57)/t27-,32-,35-,37-,40-,60?/m0/s1. The highest BCUT2D eigenvalue weighted by atomic mass is 32.1. The summed E-state index contributed by atoms with van der Waals surface area (Å²) in [6, 6.07) is 16.0. The maximum Gasteiger partial charge on any atom is 0.355 e. The number of carbonyl (C=O) groups excluding carboxylic acids is 4. The van der Waals surface area contributed by atoms with E-state index < -0.39 is 43.4 Å². The number of para-hydroxylation sites is 1. The number of nitrogens with zero attached hydrogens (tertiary/aromatic N) is 5. The van der Waals surface area contributed by atoms with Crippen LogP contribution in [0.3, 0.4) is 0 Å². The molecule has 4 saturated heterocycles. The molecule has 0 radical (unpaired) electrons. The number of rotatable bonds is 14. The first-order chi connectivity index (χ1) is 29.5. The van der Waals surface area contributed by atoms with Crippen LogP contribution in [-0.4, -0.2) is 95.4 Å². The van der Waals surface area contributed by atoms with Crippen molar-refractivity contribution in [1.29, 1.82) is 5.26 Å². The van der Waals surface area contributed by atoms with E-state index in [2.05, 4.69) is 26.4 Å². The van der Waals surface area contributed by atoms with Gasteiger partial charge in [0.05, 0.1) is 23.5 Å². The molecule has 4 aliphatic heterocycles. The number of thiophene rings is 1. The number of likely N-dealkylation sites (tertiary alicyclic amines) is 1. The average molecular weight is 870 g/mol. The molecule has 320 valence electrons. The van der Waals surface area contributed by atoms with Crippen LogP contribution in [0.15, 0.2) is 73.1 Å². The molecule has 0 saturated carbocycles. The second-order valence-corrected chi connectivity index (χ2v) is 19.5. The number of ether oxygens (including phenoxy) is 1. The van der Waals surface area contributed by atoms with Crippen LogP contribution >= 0.6 is 18.9 Å². The number of carbonyl (C=O) groups is 4. The molecule has 0 spiro atoms. The number of fused-ring (bicyclic) bond motifs is 2. The number of hydrogen-bond donors (Lipinski definition) is 2. The number of amides is 3. The molecule has 6 heterocycles. The zero-order chi connectivity index (χ0) is 42.8. The number of esters is 1. The third kappa shape index (κ3) is 8.74. The monoisotopic (exact) mass is 869 g/mol. The molecule has 2 aromatic carbocycles. The Balaban J connectivity index is 0.931. The number of alkyl halides is 1. The molecule has 3 amide bonds. The Morgan fingerprint density at radius 3 is 2.59 bits per heavy atom. The SMILES string of the molecule is CCCOC(=O)[C@H](C)NP(=O)(Oc1ccccc1)[C@H](F)c1ccc2sc(C(=O)N[C@H]3CCC[C@H]4CC[C@@H](C(=O)N5CC(c6cnccc6N6CC(C#N)C6)C5)N4C3=O)cc2c1. The summed E-state index contributed by atoms with van der Waals surface area (Å²) in [6.45, 7) is 5.83. The van der Waals surface area contributed by atoms with Crippen molar-refractivity contribution in [3.05, 3.63) is 89.1 Å². The van der Waals surface area contributed by atoms with Gasteiger partial charge in [0.2, 0.25) is 17.7 Å². The van der Waals surface area contributed by atoms with E-state index in [-0.39, 0.29) is 47.6 Å². The second-order valence-electron chi connectivity index (χ2n) is 16.3. The van der Waals surface area contributed by atoms with E-state index in [9.17, 15) is 29.0 Å². The minimum atomic E-state index is -4.45. The topological polar surface area (TPSA) is 174 Å². The van der Waals surface area contributed by atoms with Crippen LogP contribution in [0.25, 0.3) is 10.1 Å². The minimum absolute atomic E-state index is 0.0164. The summed E-state index contributed by atoms with van der Waals surface area (Å²) in [7, 11) is -4.45. The van der Waals surface area contributed by atoms with Gasteiger partial charge in [-0.05, 0) is 92.8 Å². The number of halogens is 1. The molecule has 17 heteroatoms. The fourth-order valence-electron chi connectivity index (χ4n) is 8.74. The lowest BCUT2D eigenvalue weighted by Gasteiger charge is -2.45. The van der Waals surface area contributed by atoms with Gasteiger partial charge in [-0.1, -0.05) is 31.2 Å². The van der Waals surface area contributed by atoms with Crippen LogP contribution in [-0.2, 0) is 23.7 Å². The van der Waals surface area contributed by atoms with E-state index in [1.807, 2.05) is 24.1 Å². The van der Waals surface area contributed by atoms with Crippen LogP contribution in [0, 0.1) is 17.2 Å². The van der Waals surface area contributed by atoms with E-state index in [0.717, 1.165) is 24.1 Å². The van der Waals surface area contributed by atoms with Crippen LogP contribution in [0.1, 0.15) is 85.0 Å². The van der Waals surface area contributed by atoms with Crippen molar-refractivity contribution in [3.63, 3.8) is 0 Å². The fourth-order valence-corrected chi connectivity index (χ4v) is 11.6. The zero-order valence-corrected chi connectivity index (χ0v) is 35.8.